The van der Waals surface area contributed by atoms with Gasteiger partial charge in [0, 0.05) is 57.7 Å². The second-order valence-corrected chi connectivity index (χ2v) is 32.9. The number of aromatic carboxylic acids is 1. The minimum Gasteiger partial charge on any atom is -0.481 e. The van der Waals surface area contributed by atoms with Gasteiger partial charge in [-0.2, -0.15) is 0 Å². The van der Waals surface area contributed by atoms with Gasteiger partial charge in [-0.1, -0.05) is 214 Å². The highest BCUT2D eigenvalue weighted by Gasteiger charge is 2.47. The number of rotatable bonds is 41. The largest absolute Gasteiger partial charge is 0.481 e. The number of esters is 2. The van der Waals surface area contributed by atoms with Crippen molar-refractivity contribution in [2.75, 3.05) is 43.6 Å². The third-order valence-corrected chi connectivity index (χ3v) is 20.3. The fourth-order valence-electron chi connectivity index (χ4n) is 7.28. The van der Waals surface area contributed by atoms with E-state index in [2.05, 4.69) is 36.6 Å². The molecule has 0 bridgehead atoms. The number of carboxylic acids is 8. The second kappa shape index (κ2) is 74.9. The fourth-order valence-corrected chi connectivity index (χ4v) is 8.27. The van der Waals surface area contributed by atoms with Gasteiger partial charge in [0.1, 0.15) is 24.2 Å². The summed E-state index contributed by atoms with van der Waals surface area (Å²) in [4.78, 5) is 189. The van der Waals surface area contributed by atoms with Crippen LogP contribution in [-0.2, 0) is 96.2 Å². The van der Waals surface area contributed by atoms with Gasteiger partial charge >= 0.3 is 59.7 Å². The van der Waals surface area contributed by atoms with Gasteiger partial charge in [0.25, 0.3) is 10.0 Å². The smallest absolute Gasteiger partial charge is 0.349 e. The Morgan fingerprint density at radius 1 is 0.435 bits per heavy atom. The summed E-state index contributed by atoms with van der Waals surface area (Å²) >= 11 is 0. The van der Waals surface area contributed by atoms with Crippen molar-refractivity contribution in [2.45, 2.75) is 347 Å². The Kier molecular flexibility index (Phi) is 91.7. The third kappa shape index (κ3) is 64.7. The average molecular weight is 1910 g/mol. The maximum Gasteiger partial charge on any atom is 0.349 e. The molecule has 0 aliphatic carbocycles. The number of benzene rings is 2. The summed E-state index contributed by atoms with van der Waals surface area (Å²) in [6, 6.07) is 9.58. The Morgan fingerprint density at radius 3 is 1.08 bits per heavy atom. The van der Waals surface area contributed by atoms with Crippen molar-refractivity contribution in [2.24, 2.45) is 38.4 Å². The van der Waals surface area contributed by atoms with Gasteiger partial charge in [-0.3, -0.25) is 67.1 Å². The molecule has 0 aromatic heterocycles. The molecule has 0 saturated heterocycles. The van der Waals surface area contributed by atoms with Gasteiger partial charge in [0.15, 0.2) is 0 Å². The molecule has 3 unspecified atom stereocenters. The fraction of sp³-hybridized carbons (Fsp3) is 0.681. The van der Waals surface area contributed by atoms with Crippen molar-refractivity contribution in [3.05, 3.63) is 54.1 Å². The van der Waals surface area contributed by atoms with Crippen molar-refractivity contribution in [1.82, 2.24) is 26.0 Å². The van der Waals surface area contributed by atoms with E-state index in [1.807, 2.05) is 74.0 Å². The Labute approximate surface area is 783 Å². The second-order valence-electron chi connectivity index (χ2n) is 31.2. The van der Waals surface area contributed by atoms with Gasteiger partial charge in [-0.15, -0.1) is 0 Å². The van der Waals surface area contributed by atoms with Crippen molar-refractivity contribution < 1.29 is 156 Å². The number of hydrogen-bond donors (Lipinski definition) is 18. The molecule has 0 heterocycles. The zero-order valence-corrected chi connectivity index (χ0v) is 73.1. The van der Waals surface area contributed by atoms with E-state index in [1.54, 1.807) is 81.4 Å². The third-order valence-electron chi connectivity index (χ3n) is 18.8. The summed E-state index contributed by atoms with van der Waals surface area (Å²) in [5, 5.41) is 111. The summed E-state index contributed by atoms with van der Waals surface area (Å²) in [6.45, 7) is 36.8. The highest BCUT2D eigenvalue weighted by Crippen LogP contribution is 2.28. The standard InChI is InChI=1S/C16H24O10.C14H20N2O4S.C13H17NO3.C10H17NO5.C10H21NO4.2C8H15NO3.12CH4/c1-4-15(2,3)14(24)25-7-5-6-12(21)26-16(13(22)23,8-10(17)18)9-11(19)20;1-5-14(3,4)13(18)15-11-6-8-12(9-7-11)21(19,20)16-10(2)17;1-4-13(2,3)12(17)14-10-7-5-9(6-8-10)11(15)16;1-4-10(2,3)9(16)11-6(8(14)15)5-7(12)13;1-4-9(2,3)8(15)11-10(5-12,6-13)7-14;1-4-8(2,3)7(12)9-5-6(10)11;1-4-5(2)7(10)9-6(3)8(11)12;;;;;;;;;;;;/h4-9H2,1-3H3,(H,17,18)(H,19,20)(H,22,23);6-9H,5H2,1-4H3,(H,15,18)(H,16,17);5-8H,4H2,1-3H3,(H,14,17)(H,15,16);6H,4-5H2,1-3H3,(H,11,16)(H,12,13)(H,14,15);12-14H,4-7H2,1-3H3,(H,11,15);4-5H2,1-3H3,(H,9,12)(H,10,11);5-6H,4H2,1-3H3,(H,9,10)(H,11,12);12*1H4. The SMILES string of the molecule is C.C.C.C.C.C.C.C.C.C.C.C.CCC(C)(C)C(=O)NC(CC(=O)O)C(=O)O.CCC(C)(C)C(=O)NC(CO)(CO)CO.CCC(C)(C)C(=O)NCC(=O)O.CCC(C)(C)C(=O)Nc1ccc(C(=O)O)cc1.CCC(C)(C)C(=O)Nc1ccc(S(=O)(=O)NC(C)=O)cc1.CCC(C)(C)C(=O)OCCCC(=O)OC(CC(=O)O)(CC(=O)O)C(=O)O.CCC(C)C(=O)NC(C)C(=O)O. The molecule has 2 aromatic carbocycles. The highest BCUT2D eigenvalue weighted by molar-refractivity contribution is 7.90. The van der Waals surface area contributed by atoms with Crippen LogP contribution in [0.5, 0.6) is 0 Å². The molecule has 2 aromatic rings. The molecule has 2 rings (SSSR count). The Bertz CT molecular complexity index is 3790. The molecule has 39 nitrogen and oxygen atoms in total. The number of aliphatic carboxylic acids is 7. The maximum absolute atomic E-state index is 12.0. The molecule has 0 radical (unpaired) electrons. The van der Waals surface area contributed by atoms with Crippen molar-refractivity contribution in [3.8, 4) is 0 Å². The zero-order chi connectivity index (χ0) is 94.4. The number of hydrogen-bond acceptors (Lipinski definition) is 24. The molecule has 0 aliphatic rings. The lowest BCUT2D eigenvalue weighted by atomic mass is 9.87. The number of amides is 7. The number of carboxylic acid groups (broad SMARTS) is 8. The van der Waals surface area contributed by atoms with Gasteiger partial charge in [0.05, 0.1) is 61.6 Å². The number of aliphatic hydroxyl groups excluding tert-OH is 3. The lowest BCUT2D eigenvalue weighted by Crippen LogP contribution is -2.59. The summed E-state index contributed by atoms with van der Waals surface area (Å²) in [7, 11) is -3.85. The van der Waals surface area contributed by atoms with Crippen LogP contribution in [0.15, 0.2) is 53.4 Å². The number of carbonyl (C=O) groups excluding carboxylic acids is 9. The van der Waals surface area contributed by atoms with Gasteiger partial charge in [0.2, 0.25) is 47.0 Å². The van der Waals surface area contributed by atoms with Crippen LogP contribution in [0.2, 0.25) is 0 Å². The lowest BCUT2D eigenvalue weighted by molar-refractivity contribution is -0.186. The first kappa shape index (κ1) is 160. The first-order valence-electron chi connectivity index (χ1n) is 37.9. The molecule has 0 saturated carbocycles. The minimum atomic E-state index is -3.85. The van der Waals surface area contributed by atoms with Crippen molar-refractivity contribution >= 4 is 122 Å². The van der Waals surface area contributed by atoms with Gasteiger partial charge < -0.3 is 97.5 Å². The van der Waals surface area contributed by atoms with Crippen LogP contribution in [0.25, 0.3) is 0 Å². The summed E-state index contributed by atoms with van der Waals surface area (Å²) in [5.74, 6) is -14.4. The van der Waals surface area contributed by atoms with E-state index in [-0.39, 0.29) is 161 Å². The van der Waals surface area contributed by atoms with E-state index in [4.69, 9.17) is 60.9 Å². The number of sulfonamides is 1. The van der Waals surface area contributed by atoms with Crippen LogP contribution < -0.4 is 36.6 Å². The van der Waals surface area contributed by atoms with Crippen LogP contribution in [0.3, 0.4) is 0 Å². The molecule has 0 aliphatic heterocycles. The van der Waals surface area contributed by atoms with E-state index < -0.39 is 176 Å². The number of carbonyl (C=O) groups is 17. The number of anilines is 2. The molecule has 40 heteroatoms. The van der Waals surface area contributed by atoms with E-state index >= 15 is 0 Å². The minimum absolute atomic E-state index is 0. The molecule has 3 atom stereocenters. The summed E-state index contributed by atoms with van der Waals surface area (Å²) in [5.41, 5.74) is -6.07. The maximum atomic E-state index is 12.0. The van der Waals surface area contributed by atoms with Crippen LogP contribution in [0, 0.1) is 38.4 Å². The number of nitrogens with one attached hydrogen (secondary N) is 7. The molecule has 0 fully saturated rings. The summed E-state index contributed by atoms with van der Waals surface area (Å²) < 4.78 is 35.1. The predicted octanol–water partition coefficient (Wildman–Crippen LogP) is 14.3. The quantitative estimate of drug-likeness (QED) is 0.0217. The zero-order valence-electron chi connectivity index (χ0n) is 72.3. The van der Waals surface area contributed by atoms with E-state index in [1.165, 1.54) is 43.3 Å². The Hall–Kier alpha value is -10.7. The molecular weight excluding hydrogens is 1740 g/mol. The Balaban J connectivity index is -0.0000000771. The van der Waals surface area contributed by atoms with Crippen LogP contribution >= 0.6 is 0 Å². The van der Waals surface area contributed by atoms with Crippen LogP contribution in [0.1, 0.15) is 329 Å². The van der Waals surface area contributed by atoms with Crippen LogP contribution in [-0.4, -0.2) is 222 Å². The van der Waals surface area contributed by atoms with Gasteiger partial charge in [-0.25, -0.2) is 27.5 Å². The molecule has 7 amide bonds. The monoisotopic (exact) mass is 1910 g/mol. The predicted molar refractivity (Wildman–Crippen MR) is 514 cm³/mol. The molecule has 774 valence electrons. The first-order chi connectivity index (χ1) is 54.3. The highest BCUT2D eigenvalue weighted by atomic mass is 32.2. The van der Waals surface area contributed by atoms with Crippen LogP contribution in [0.4, 0.5) is 11.4 Å². The van der Waals surface area contributed by atoms with Gasteiger partial charge in [-0.05, 0) is 121 Å². The number of ether oxygens (including phenoxy) is 2. The Morgan fingerprint density at radius 2 is 0.786 bits per heavy atom. The van der Waals surface area contributed by atoms with E-state index in [0.29, 0.717) is 43.5 Å². The molecule has 131 heavy (non-hydrogen) atoms. The van der Waals surface area contributed by atoms with E-state index in [0.717, 1.165) is 19.8 Å². The topological polar surface area (TPSA) is 650 Å². The molecule has 18 N–H and O–H groups in total. The first-order valence-corrected chi connectivity index (χ1v) is 39.4. The average Bonchev–Trinajstić information content (AvgIpc) is 0.835. The molecule has 0 spiro atoms. The van der Waals surface area contributed by atoms with Crippen molar-refractivity contribution in [3.63, 3.8) is 0 Å². The van der Waals surface area contributed by atoms with E-state index in [9.17, 15) is 89.9 Å². The normalized spacial score (nSPS) is 11.0. The lowest BCUT2D eigenvalue weighted by Gasteiger charge is -2.33. The summed E-state index contributed by atoms with van der Waals surface area (Å²) in [6.07, 6.45) is 1.21. The van der Waals surface area contributed by atoms with Crippen molar-refractivity contribution in [1.29, 1.82) is 0 Å². The molecular formula is C91H177N7O32S. The number of aliphatic hydroxyl groups is 3.